The predicted octanol–water partition coefficient (Wildman–Crippen LogP) is 4.41. The molecule has 1 atom stereocenters. The summed E-state index contributed by atoms with van der Waals surface area (Å²) < 4.78 is 0. The third-order valence-corrected chi connectivity index (χ3v) is 3.85. The first kappa shape index (κ1) is 21.1. The number of carbonyl (C=O) groups is 1. The zero-order valence-electron chi connectivity index (χ0n) is 14.3. The van der Waals surface area contributed by atoms with Crippen molar-refractivity contribution in [2.75, 3.05) is 0 Å². The summed E-state index contributed by atoms with van der Waals surface area (Å²) in [5.74, 6) is 4.44. The fraction of sp³-hybridized carbons (Fsp3) is 0.833. The van der Waals surface area contributed by atoms with Gasteiger partial charge in [-0.3, -0.25) is 4.79 Å². The molecular formula is C18H35NO3. The molecule has 0 aromatic heterocycles. The lowest BCUT2D eigenvalue weighted by Crippen LogP contribution is -2.08. The number of allylic oxidation sites excluding steroid dienone is 1. The van der Waals surface area contributed by atoms with E-state index in [1.54, 1.807) is 0 Å². The van der Waals surface area contributed by atoms with E-state index in [0.29, 0.717) is 6.42 Å². The fourth-order valence-corrected chi connectivity index (χ4v) is 2.42. The van der Waals surface area contributed by atoms with Crippen LogP contribution >= 0.6 is 0 Å². The number of rotatable bonds is 15. The van der Waals surface area contributed by atoms with Gasteiger partial charge in [-0.15, -0.1) is 0 Å². The summed E-state index contributed by atoms with van der Waals surface area (Å²) in [5, 5.41) is 9.82. The van der Waals surface area contributed by atoms with Crippen molar-refractivity contribution in [3.63, 3.8) is 0 Å². The van der Waals surface area contributed by atoms with Crippen molar-refractivity contribution in [1.82, 2.24) is 0 Å². The molecule has 0 aliphatic heterocycles. The average molecular weight is 313 g/mol. The maximum Gasteiger partial charge on any atom is 0.324 e. The maximum atomic E-state index is 10.8. The first-order chi connectivity index (χ1) is 10.7. The van der Waals surface area contributed by atoms with Crippen molar-refractivity contribution in [2.24, 2.45) is 5.90 Å². The molecule has 0 aromatic rings. The number of aliphatic hydroxyl groups excluding tert-OH is 1. The molecule has 3 N–H and O–H groups in total. The van der Waals surface area contributed by atoms with E-state index in [2.05, 4.69) is 23.9 Å². The summed E-state index contributed by atoms with van der Waals surface area (Å²) in [4.78, 5) is 14.9. The van der Waals surface area contributed by atoms with Gasteiger partial charge in [-0.05, 0) is 32.1 Å². The number of aliphatic hydroxyl groups is 1. The van der Waals surface area contributed by atoms with Gasteiger partial charge >= 0.3 is 5.97 Å². The molecule has 0 saturated heterocycles. The molecule has 0 spiro atoms. The Bertz CT molecular complexity index is 280. The lowest BCUT2D eigenvalue weighted by Gasteiger charge is -2.07. The number of unbranched alkanes of at least 4 members (excludes halogenated alkanes) is 8. The van der Waals surface area contributed by atoms with E-state index in [9.17, 15) is 9.90 Å². The molecule has 0 radical (unpaired) electrons. The summed E-state index contributed by atoms with van der Waals surface area (Å²) in [5.41, 5.74) is 0. The van der Waals surface area contributed by atoms with Crippen LogP contribution in [0, 0.1) is 0 Å². The number of hydrogen-bond acceptors (Lipinski definition) is 4. The molecule has 22 heavy (non-hydrogen) atoms. The van der Waals surface area contributed by atoms with Gasteiger partial charge in [0.1, 0.15) is 0 Å². The number of nitrogens with two attached hydrogens (primary N) is 1. The molecule has 0 fully saturated rings. The molecule has 0 aliphatic rings. The minimum atomic E-state index is -0.323. The van der Waals surface area contributed by atoms with Crippen LogP contribution in [0.2, 0.25) is 0 Å². The van der Waals surface area contributed by atoms with E-state index in [-0.39, 0.29) is 12.1 Å². The lowest BCUT2D eigenvalue weighted by atomic mass is 10.1. The Morgan fingerprint density at radius 1 is 1.05 bits per heavy atom. The lowest BCUT2D eigenvalue weighted by molar-refractivity contribution is -0.144. The van der Waals surface area contributed by atoms with Crippen molar-refractivity contribution in [2.45, 2.75) is 96.5 Å². The van der Waals surface area contributed by atoms with E-state index < -0.39 is 0 Å². The molecule has 0 aliphatic carbocycles. The van der Waals surface area contributed by atoms with Crippen molar-refractivity contribution < 1.29 is 14.7 Å². The summed E-state index contributed by atoms with van der Waals surface area (Å²) >= 11 is 0. The first-order valence-corrected chi connectivity index (χ1v) is 8.93. The highest BCUT2D eigenvalue weighted by molar-refractivity contribution is 5.68. The number of hydrogen-bond donors (Lipinski definition) is 2. The SMILES string of the molecule is CCCCCCC(O)C/C=C\CCCCCCCC(=O)ON. The Kier molecular flexibility index (Phi) is 15.8. The Morgan fingerprint density at radius 2 is 1.73 bits per heavy atom. The Labute approximate surface area is 136 Å². The highest BCUT2D eigenvalue weighted by Crippen LogP contribution is 2.10. The third-order valence-electron chi connectivity index (χ3n) is 3.85. The van der Waals surface area contributed by atoms with Gasteiger partial charge in [0.2, 0.25) is 0 Å². The van der Waals surface area contributed by atoms with Gasteiger partial charge in [0.05, 0.1) is 6.10 Å². The predicted molar refractivity (Wildman–Crippen MR) is 91.1 cm³/mol. The molecule has 0 heterocycles. The van der Waals surface area contributed by atoms with Crippen molar-refractivity contribution in [3.05, 3.63) is 12.2 Å². The topological polar surface area (TPSA) is 72.5 Å². The zero-order chi connectivity index (χ0) is 16.5. The van der Waals surface area contributed by atoms with Gasteiger partial charge in [-0.2, -0.15) is 5.90 Å². The second kappa shape index (κ2) is 16.5. The second-order valence-corrected chi connectivity index (χ2v) is 6.01. The zero-order valence-corrected chi connectivity index (χ0v) is 14.3. The molecular weight excluding hydrogens is 278 g/mol. The van der Waals surface area contributed by atoms with Crippen molar-refractivity contribution >= 4 is 5.97 Å². The van der Waals surface area contributed by atoms with E-state index in [1.165, 1.54) is 32.1 Å². The molecule has 0 saturated carbocycles. The van der Waals surface area contributed by atoms with E-state index in [4.69, 9.17) is 5.90 Å². The van der Waals surface area contributed by atoms with E-state index in [0.717, 1.165) is 44.9 Å². The largest absolute Gasteiger partial charge is 0.393 e. The van der Waals surface area contributed by atoms with E-state index in [1.807, 2.05) is 0 Å². The molecule has 1 unspecified atom stereocenters. The van der Waals surface area contributed by atoms with Crippen LogP contribution in [-0.2, 0) is 9.63 Å². The smallest absolute Gasteiger partial charge is 0.324 e. The number of carbonyl (C=O) groups excluding carboxylic acids is 1. The summed E-state index contributed by atoms with van der Waals surface area (Å²) in [6, 6.07) is 0. The first-order valence-electron chi connectivity index (χ1n) is 8.93. The highest BCUT2D eigenvalue weighted by Gasteiger charge is 2.01. The van der Waals surface area contributed by atoms with Crippen LogP contribution in [0.3, 0.4) is 0 Å². The maximum absolute atomic E-state index is 10.8. The minimum absolute atomic E-state index is 0.171. The van der Waals surface area contributed by atoms with Gasteiger partial charge < -0.3 is 9.94 Å². The normalized spacial score (nSPS) is 12.7. The monoisotopic (exact) mass is 313 g/mol. The molecule has 0 aromatic carbocycles. The average Bonchev–Trinajstić information content (AvgIpc) is 2.53. The molecule has 0 rings (SSSR count). The van der Waals surface area contributed by atoms with Crippen LogP contribution in [0.5, 0.6) is 0 Å². The van der Waals surface area contributed by atoms with Gasteiger partial charge in [0.15, 0.2) is 0 Å². The van der Waals surface area contributed by atoms with Crippen LogP contribution in [0.1, 0.15) is 90.4 Å². The van der Waals surface area contributed by atoms with Crippen molar-refractivity contribution in [3.8, 4) is 0 Å². The van der Waals surface area contributed by atoms with Crippen LogP contribution in [0.15, 0.2) is 12.2 Å². The summed E-state index contributed by atoms with van der Waals surface area (Å²) in [7, 11) is 0. The van der Waals surface area contributed by atoms with Gasteiger partial charge in [-0.1, -0.05) is 64.0 Å². The highest BCUT2D eigenvalue weighted by atomic mass is 16.7. The second-order valence-electron chi connectivity index (χ2n) is 6.01. The standard InChI is InChI=1S/C18H35NO3/c1-2-3-4-11-14-17(20)15-12-9-7-5-6-8-10-13-16-18(21)22-19/h9,12,17,20H,2-8,10-11,13-16,19H2,1H3/b12-9-. The van der Waals surface area contributed by atoms with Crippen LogP contribution in [0.4, 0.5) is 0 Å². The molecule has 130 valence electrons. The van der Waals surface area contributed by atoms with Crippen LogP contribution in [0.25, 0.3) is 0 Å². The third kappa shape index (κ3) is 15.5. The minimum Gasteiger partial charge on any atom is -0.393 e. The van der Waals surface area contributed by atoms with Gasteiger partial charge in [-0.25, -0.2) is 0 Å². The fourth-order valence-electron chi connectivity index (χ4n) is 2.42. The quantitative estimate of drug-likeness (QED) is 0.267. The molecule has 0 bridgehead atoms. The van der Waals surface area contributed by atoms with Gasteiger partial charge in [0.25, 0.3) is 0 Å². The Balaban J connectivity index is 3.28. The Morgan fingerprint density at radius 3 is 2.45 bits per heavy atom. The molecule has 4 heteroatoms. The van der Waals surface area contributed by atoms with E-state index >= 15 is 0 Å². The molecule has 0 amide bonds. The van der Waals surface area contributed by atoms with Gasteiger partial charge in [0, 0.05) is 6.42 Å². The Hall–Kier alpha value is -0.870. The van der Waals surface area contributed by atoms with Crippen LogP contribution in [-0.4, -0.2) is 17.2 Å². The molecule has 4 nitrogen and oxygen atoms in total. The van der Waals surface area contributed by atoms with Crippen LogP contribution < -0.4 is 5.90 Å². The van der Waals surface area contributed by atoms with Crippen molar-refractivity contribution in [1.29, 1.82) is 0 Å². The summed E-state index contributed by atoms with van der Waals surface area (Å²) in [6.45, 7) is 2.20. The summed E-state index contributed by atoms with van der Waals surface area (Å²) in [6.07, 6.45) is 17.6.